The van der Waals surface area contributed by atoms with E-state index in [2.05, 4.69) is 12.1 Å². The van der Waals surface area contributed by atoms with Crippen LogP contribution in [0, 0.1) is 17.8 Å². The van der Waals surface area contributed by atoms with Gasteiger partial charge < -0.3 is 9.84 Å². The first-order valence-corrected chi connectivity index (χ1v) is 6.14. The van der Waals surface area contributed by atoms with E-state index >= 15 is 0 Å². The molecule has 16 heavy (non-hydrogen) atoms. The van der Waals surface area contributed by atoms with Gasteiger partial charge in [0, 0.05) is 5.92 Å². The molecular formula is C14H18O2. The smallest absolute Gasteiger partial charge is 0.0717 e. The number of aliphatic hydroxyl groups excluding tert-OH is 1. The van der Waals surface area contributed by atoms with Crippen LogP contribution in [0.4, 0.5) is 0 Å². The summed E-state index contributed by atoms with van der Waals surface area (Å²) >= 11 is 0. The fourth-order valence-electron chi connectivity index (χ4n) is 2.96. The van der Waals surface area contributed by atoms with Crippen molar-refractivity contribution in [3.05, 3.63) is 35.9 Å². The zero-order valence-electron chi connectivity index (χ0n) is 9.38. The maximum Gasteiger partial charge on any atom is 0.0717 e. The highest BCUT2D eigenvalue weighted by molar-refractivity contribution is 5.13. The summed E-state index contributed by atoms with van der Waals surface area (Å²) in [7, 11) is 0. The molecule has 0 heterocycles. The van der Waals surface area contributed by atoms with Crippen molar-refractivity contribution >= 4 is 0 Å². The summed E-state index contributed by atoms with van der Waals surface area (Å²) in [6.07, 6.45) is 2.21. The Morgan fingerprint density at radius 1 is 1.19 bits per heavy atom. The fraction of sp³-hybridized carbons (Fsp3) is 0.571. The summed E-state index contributed by atoms with van der Waals surface area (Å²) in [5, 5.41) is 9.81. The molecule has 0 aromatic heterocycles. The summed E-state index contributed by atoms with van der Waals surface area (Å²) in [6.45, 7) is 1.39. The van der Waals surface area contributed by atoms with Gasteiger partial charge in [0.1, 0.15) is 0 Å². The van der Waals surface area contributed by atoms with E-state index in [-0.39, 0.29) is 6.10 Å². The average Bonchev–Trinajstić information content (AvgIpc) is 2.98. The van der Waals surface area contributed by atoms with Gasteiger partial charge >= 0.3 is 0 Å². The number of aliphatic hydroxyl groups is 1. The molecule has 0 amide bonds. The fourth-order valence-corrected chi connectivity index (χ4v) is 2.96. The SMILES string of the molecule is O[C@H]1C[C@@H]2C[C@H]2[C@H]1COCc1ccccc1. The third-order valence-corrected chi connectivity index (χ3v) is 3.99. The third-order valence-electron chi connectivity index (χ3n) is 3.99. The lowest BCUT2D eigenvalue weighted by molar-refractivity contribution is 0.0245. The van der Waals surface area contributed by atoms with Gasteiger partial charge in [0.15, 0.2) is 0 Å². The molecule has 4 atom stereocenters. The second kappa shape index (κ2) is 4.19. The molecule has 2 heteroatoms. The maximum absolute atomic E-state index is 9.81. The first-order chi connectivity index (χ1) is 7.84. The molecule has 0 radical (unpaired) electrons. The Morgan fingerprint density at radius 3 is 2.69 bits per heavy atom. The van der Waals surface area contributed by atoms with Crippen molar-refractivity contribution in [3.63, 3.8) is 0 Å². The summed E-state index contributed by atoms with van der Waals surface area (Å²) < 4.78 is 5.71. The van der Waals surface area contributed by atoms with Crippen LogP contribution in [0.5, 0.6) is 0 Å². The Hall–Kier alpha value is -0.860. The number of fused-ring (bicyclic) bond motifs is 1. The zero-order valence-corrected chi connectivity index (χ0v) is 9.38. The molecule has 2 fully saturated rings. The minimum Gasteiger partial charge on any atom is -0.393 e. The summed E-state index contributed by atoms with van der Waals surface area (Å²) in [5.74, 6) is 1.96. The van der Waals surface area contributed by atoms with Crippen LogP contribution in [0.15, 0.2) is 30.3 Å². The van der Waals surface area contributed by atoms with E-state index in [1.165, 1.54) is 12.0 Å². The molecule has 2 saturated carbocycles. The Morgan fingerprint density at radius 2 is 2.00 bits per heavy atom. The first kappa shape index (κ1) is 10.3. The molecule has 0 spiro atoms. The van der Waals surface area contributed by atoms with E-state index in [4.69, 9.17) is 4.74 Å². The lowest BCUT2D eigenvalue weighted by Crippen LogP contribution is -2.22. The average molecular weight is 218 g/mol. The molecule has 0 aliphatic heterocycles. The summed E-state index contributed by atoms with van der Waals surface area (Å²) in [4.78, 5) is 0. The van der Waals surface area contributed by atoms with Gasteiger partial charge in [-0.3, -0.25) is 0 Å². The van der Waals surface area contributed by atoms with E-state index < -0.39 is 0 Å². The monoisotopic (exact) mass is 218 g/mol. The highest BCUT2D eigenvalue weighted by atomic mass is 16.5. The van der Waals surface area contributed by atoms with E-state index in [9.17, 15) is 5.11 Å². The van der Waals surface area contributed by atoms with Crippen molar-refractivity contribution in [2.75, 3.05) is 6.61 Å². The topological polar surface area (TPSA) is 29.5 Å². The second-order valence-corrected chi connectivity index (χ2v) is 5.13. The Kier molecular flexibility index (Phi) is 2.70. The van der Waals surface area contributed by atoms with Crippen LogP contribution in [0.25, 0.3) is 0 Å². The Bertz CT molecular complexity index is 347. The highest BCUT2D eigenvalue weighted by Crippen LogP contribution is 2.55. The number of rotatable bonds is 4. The van der Waals surface area contributed by atoms with Gasteiger partial charge in [0.05, 0.1) is 19.3 Å². The first-order valence-electron chi connectivity index (χ1n) is 6.14. The summed E-state index contributed by atoms with van der Waals surface area (Å²) in [6, 6.07) is 10.2. The van der Waals surface area contributed by atoms with Crippen LogP contribution in [0.2, 0.25) is 0 Å². The molecule has 0 saturated heterocycles. The lowest BCUT2D eigenvalue weighted by atomic mass is 10.0. The van der Waals surface area contributed by atoms with Crippen molar-refractivity contribution in [2.24, 2.45) is 17.8 Å². The third kappa shape index (κ3) is 2.00. The molecular weight excluding hydrogens is 200 g/mol. The Labute approximate surface area is 96.2 Å². The van der Waals surface area contributed by atoms with Crippen LogP contribution in [-0.2, 0) is 11.3 Å². The van der Waals surface area contributed by atoms with E-state index in [0.29, 0.717) is 12.5 Å². The van der Waals surface area contributed by atoms with Crippen LogP contribution in [0.1, 0.15) is 18.4 Å². The molecule has 2 aliphatic rings. The van der Waals surface area contributed by atoms with Gasteiger partial charge in [-0.25, -0.2) is 0 Å². The lowest BCUT2D eigenvalue weighted by Gasteiger charge is -2.17. The van der Waals surface area contributed by atoms with E-state index in [0.717, 1.165) is 24.9 Å². The molecule has 3 rings (SSSR count). The molecule has 2 nitrogen and oxygen atoms in total. The van der Waals surface area contributed by atoms with Crippen molar-refractivity contribution in [1.82, 2.24) is 0 Å². The maximum atomic E-state index is 9.81. The molecule has 1 aromatic rings. The van der Waals surface area contributed by atoms with Gasteiger partial charge in [0.25, 0.3) is 0 Å². The molecule has 1 N–H and O–H groups in total. The standard InChI is InChI=1S/C14H18O2/c15-14-7-11-6-12(11)13(14)9-16-8-10-4-2-1-3-5-10/h1-5,11-15H,6-9H2/t11-,12+,13+,14-/m0/s1. The molecule has 2 aliphatic carbocycles. The Balaban J connectivity index is 1.47. The zero-order chi connectivity index (χ0) is 11.0. The summed E-state index contributed by atoms with van der Waals surface area (Å²) in [5.41, 5.74) is 1.21. The number of hydrogen-bond acceptors (Lipinski definition) is 2. The molecule has 1 aromatic carbocycles. The normalized spacial score (nSPS) is 36.1. The van der Waals surface area contributed by atoms with Crippen LogP contribution in [0.3, 0.4) is 0 Å². The largest absolute Gasteiger partial charge is 0.393 e. The molecule has 0 unspecified atom stereocenters. The second-order valence-electron chi connectivity index (χ2n) is 5.13. The van der Waals surface area contributed by atoms with Crippen molar-refractivity contribution < 1.29 is 9.84 Å². The van der Waals surface area contributed by atoms with Gasteiger partial charge in [-0.15, -0.1) is 0 Å². The van der Waals surface area contributed by atoms with E-state index in [1.807, 2.05) is 18.2 Å². The number of ether oxygens (including phenoxy) is 1. The van der Waals surface area contributed by atoms with Crippen molar-refractivity contribution in [1.29, 1.82) is 0 Å². The van der Waals surface area contributed by atoms with E-state index in [1.54, 1.807) is 0 Å². The predicted molar refractivity (Wildman–Crippen MR) is 61.8 cm³/mol. The van der Waals surface area contributed by atoms with Gasteiger partial charge in [0.2, 0.25) is 0 Å². The minimum absolute atomic E-state index is 0.112. The van der Waals surface area contributed by atoms with Crippen LogP contribution >= 0.6 is 0 Å². The van der Waals surface area contributed by atoms with Gasteiger partial charge in [-0.05, 0) is 30.2 Å². The van der Waals surface area contributed by atoms with Crippen LogP contribution in [-0.4, -0.2) is 17.8 Å². The minimum atomic E-state index is -0.112. The van der Waals surface area contributed by atoms with Crippen LogP contribution < -0.4 is 0 Å². The van der Waals surface area contributed by atoms with Gasteiger partial charge in [-0.1, -0.05) is 30.3 Å². The van der Waals surface area contributed by atoms with Gasteiger partial charge in [-0.2, -0.15) is 0 Å². The molecule has 0 bridgehead atoms. The highest BCUT2D eigenvalue weighted by Gasteiger charge is 2.52. The molecule has 86 valence electrons. The number of hydrogen-bond donors (Lipinski definition) is 1. The number of benzene rings is 1. The quantitative estimate of drug-likeness (QED) is 0.839. The predicted octanol–water partition coefficient (Wildman–Crippen LogP) is 2.22. The van der Waals surface area contributed by atoms with Crippen molar-refractivity contribution in [3.8, 4) is 0 Å². The van der Waals surface area contributed by atoms with Crippen molar-refractivity contribution in [2.45, 2.75) is 25.6 Å².